The molecule has 0 fully saturated rings. The topological polar surface area (TPSA) is 78.9 Å². The zero-order valence-corrected chi connectivity index (χ0v) is 42.0. The van der Waals surface area contributed by atoms with Crippen LogP contribution in [0, 0.1) is 0 Å². The molecule has 0 aromatic carbocycles. The second kappa shape index (κ2) is 52.7. The van der Waals surface area contributed by atoms with Crippen LogP contribution >= 0.6 is 0 Å². The summed E-state index contributed by atoms with van der Waals surface area (Å²) >= 11 is 0. The first-order chi connectivity index (χ1) is 32.0. The van der Waals surface area contributed by atoms with Gasteiger partial charge in [-0.3, -0.25) is 14.4 Å². The lowest BCUT2D eigenvalue weighted by molar-refractivity contribution is -0.167. The lowest BCUT2D eigenvalue weighted by atomic mass is 10.1. The fourth-order valence-electron chi connectivity index (χ4n) is 6.89. The molecule has 0 saturated carbocycles. The van der Waals surface area contributed by atoms with E-state index in [0.29, 0.717) is 19.3 Å². The van der Waals surface area contributed by atoms with Crippen LogP contribution in [0.25, 0.3) is 0 Å². The minimum absolute atomic E-state index is 0.0993. The van der Waals surface area contributed by atoms with E-state index >= 15 is 0 Å². The summed E-state index contributed by atoms with van der Waals surface area (Å²) < 4.78 is 16.8. The van der Waals surface area contributed by atoms with Gasteiger partial charge < -0.3 is 14.2 Å². The highest BCUT2D eigenvalue weighted by atomic mass is 16.6. The standard InChI is InChI=1S/C59H96O6/c1-4-7-10-13-16-19-22-25-27-28-29-30-32-34-37-40-43-46-49-52-58(61)64-55-56(54-63-57(60)51-48-45-42-39-36-33-24-21-18-15-12-9-6-3)65-59(62)53-50-47-44-41-38-35-31-26-23-20-17-14-11-8-5-2/h7,9-10,12,15-21,23-27,29-30,56H,4-6,8,11,13-14,22,28,31-55H2,1-3H3/b10-7-,12-9-,18-15-,19-16-,20-17-,24-21-,26-23-,27-25-,30-29-. The van der Waals surface area contributed by atoms with E-state index in [4.69, 9.17) is 14.2 Å². The lowest BCUT2D eigenvalue weighted by Gasteiger charge is -2.18. The molecule has 0 spiro atoms. The largest absolute Gasteiger partial charge is 0.462 e. The van der Waals surface area contributed by atoms with E-state index in [1.165, 1.54) is 51.4 Å². The van der Waals surface area contributed by atoms with Gasteiger partial charge >= 0.3 is 17.9 Å². The Morgan fingerprint density at radius 1 is 0.338 bits per heavy atom. The van der Waals surface area contributed by atoms with Gasteiger partial charge in [-0.25, -0.2) is 0 Å². The third-order valence-electron chi connectivity index (χ3n) is 10.8. The number of carbonyl (C=O) groups is 3. The van der Waals surface area contributed by atoms with Gasteiger partial charge in [0.25, 0.3) is 0 Å². The molecule has 65 heavy (non-hydrogen) atoms. The minimum Gasteiger partial charge on any atom is -0.462 e. The van der Waals surface area contributed by atoms with Crippen LogP contribution in [-0.4, -0.2) is 37.2 Å². The molecular formula is C59H96O6. The maximum Gasteiger partial charge on any atom is 0.306 e. The van der Waals surface area contributed by atoms with Crippen molar-refractivity contribution in [2.45, 2.75) is 232 Å². The zero-order chi connectivity index (χ0) is 47.2. The number of ether oxygens (including phenoxy) is 3. The zero-order valence-electron chi connectivity index (χ0n) is 42.0. The summed E-state index contributed by atoms with van der Waals surface area (Å²) in [5.41, 5.74) is 0. The second-order valence-electron chi connectivity index (χ2n) is 17.1. The van der Waals surface area contributed by atoms with Crippen LogP contribution in [0.3, 0.4) is 0 Å². The smallest absolute Gasteiger partial charge is 0.306 e. The number of allylic oxidation sites excluding steroid dienone is 18. The van der Waals surface area contributed by atoms with Gasteiger partial charge in [0.1, 0.15) is 13.2 Å². The van der Waals surface area contributed by atoms with Gasteiger partial charge in [-0.05, 0) is 103 Å². The number of esters is 3. The van der Waals surface area contributed by atoms with E-state index in [9.17, 15) is 14.4 Å². The Morgan fingerprint density at radius 3 is 1.12 bits per heavy atom. The molecule has 0 N–H and O–H groups in total. The van der Waals surface area contributed by atoms with Crippen LogP contribution in [0.4, 0.5) is 0 Å². The summed E-state index contributed by atoms with van der Waals surface area (Å²) in [7, 11) is 0. The Labute approximate surface area is 400 Å². The summed E-state index contributed by atoms with van der Waals surface area (Å²) in [6.07, 6.45) is 70.7. The van der Waals surface area contributed by atoms with E-state index < -0.39 is 6.10 Å². The number of hydrogen-bond donors (Lipinski definition) is 0. The van der Waals surface area contributed by atoms with Crippen LogP contribution in [-0.2, 0) is 28.6 Å². The minimum atomic E-state index is -0.801. The van der Waals surface area contributed by atoms with Gasteiger partial charge in [-0.15, -0.1) is 0 Å². The van der Waals surface area contributed by atoms with Crippen molar-refractivity contribution < 1.29 is 28.6 Å². The number of rotatable bonds is 46. The van der Waals surface area contributed by atoms with Crippen LogP contribution < -0.4 is 0 Å². The summed E-state index contributed by atoms with van der Waals surface area (Å²) in [6.45, 7) is 6.31. The molecule has 0 aliphatic heterocycles. The Balaban J connectivity index is 4.46. The van der Waals surface area contributed by atoms with Gasteiger partial charge in [-0.1, -0.05) is 214 Å². The molecule has 0 radical (unpaired) electrons. The number of carbonyl (C=O) groups excluding carboxylic acids is 3. The van der Waals surface area contributed by atoms with E-state index in [1.807, 2.05) is 0 Å². The highest BCUT2D eigenvalue weighted by Gasteiger charge is 2.19. The van der Waals surface area contributed by atoms with Crippen LogP contribution in [0.5, 0.6) is 0 Å². The quantitative estimate of drug-likeness (QED) is 0.0199. The van der Waals surface area contributed by atoms with Crippen molar-refractivity contribution in [3.63, 3.8) is 0 Å². The maximum absolute atomic E-state index is 12.8. The number of unbranched alkanes of at least 4 members (excludes halogenated alkanes) is 20. The average molecular weight is 901 g/mol. The third-order valence-corrected chi connectivity index (χ3v) is 10.8. The summed E-state index contributed by atoms with van der Waals surface area (Å²) in [5.74, 6) is -0.949. The average Bonchev–Trinajstić information content (AvgIpc) is 3.30. The van der Waals surface area contributed by atoms with Crippen molar-refractivity contribution >= 4 is 17.9 Å². The number of hydrogen-bond acceptors (Lipinski definition) is 6. The first-order valence-electron chi connectivity index (χ1n) is 26.4. The van der Waals surface area contributed by atoms with Gasteiger partial charge in [0.15, 0.2) is 6.10 Å². The van der Waals surface area contributed by atoms with E-state index in [1.54, 1.807) is 0 Å². The molecule has 6 nitrogen and oxygen atoms in total. The van der Waals surface area contributed by atoms with Crippen molar-refractivity contribution in [2.75, 3.05) is 13.2 Å². The SMILES string of the molecule is CC\C=C/C=C\C=C/CCCCCCCC(=O)OCC(COC(=O)CCCCCCCC/C=C\C/C=C\C/C=C\C/C=C\CC)OC(=O)CCCCCCCC/C=C\C=C/CCCCC. The van der Waals surface area contributed by atoms with Gasteiger partial charge in [0.05, 0.1) is 0 Å². The second-order valence-corrected chi connectivity index (χ2v) is 17.1. The molecule has 0 heterocycles. The molecule has 1 atom stereocenters. The Bertz CT molecular complexity index is 1360. The molecule has 0 aromatic rings. The Morgan fingerprint density at radius 2 is 0.677 bits per heavy atom. The molecule has 0 saturated heterocycles. The van der Waals surface area contributed by atoms with Crippen molar-refractivity contribution in [1.82, 2.24) is 0 Å². The normalized spacial score (nSPS) is 13.0. The van der Waals surface area contributed by atoms with Crippen molar-refractivity contribution in [1.29, 1.82) is 0 Å². The van der Waals surface area contributed by atoms with Crippen LogP contribution in [0.15, 0.2) is 109 Å². The van der Waals surface area contributed by atoms with Crippen LogP contribution in [0.1, 0.15) is 226 Å². The first-order valence-corrected chi connectivity index (χ1v) is 26.4. The van der Waals surface area contributed by atoms with Crippen LogP contribution in [0.2, 0.25) is 0 Å². The van der Waals surface area contributed by atoms with Crippen molar-refractivity contribution in [3.8, 4) is 0 Å². The summed E-state index contributed by atoms with van der Waals surface area (Å²) in [6, 6.07) is 0. The van der Waals surface area contributed by atoms with E-state index in [-0.39, 0.29) is 31.1 Å². The van der Waals surface area contributed by atoms with Crippen molar-refractivity contribution in [2.24, 2.45) is 0 Å². The molecule has 0 rings (SSSR count). The summed E-state index contributed by atoms with van der Waals surface area (Å²) in [5, 5.41) is 0. The molecule has 1 unspecified atom stereocenters. The molecule has 0 aliphatic carbocycles. The third kappa shape index (κ3) is 50.9. The monoisotopic (exact) mass is 901 g/mol. The first kappa shape index (κ1) is 61.1. The predicted octanol–water partition coefficient (Wildman–Crippen LogP) is 17.5. The molecule has 6 heteroatoms. The molecule has 0 aliphatic rings. The van der Waals surface area contributed by atoms with E-state index in [0.717, 1.165) is 135 Å². The van der Waals surface area contributed by atoms with Gasteiger partial charge in [0.2, 0.25) is 0 Å². The Kier molecular flexibility index (Phi) is 49.5. The fourth-order valence-corrected chi connectivity index (χ4v) is 6.89. The molecule has 0 aromatic heterocycles. The van der Waals surface area contributed by atoms with E-state index in [2.05, 4.69) is 130 Å². The summed E-state index contributed by atoms with van der Waals surface area (Å²) in [4.78, 5) is 38.0. The molecular weight excluding hydrogens is 805 g/mol. The fraction of sp³-hybridized carbons (Fsp3) is 0.644. The Hall–Kier alpha value is -3.93. The predicted molar refractivity (Wildman–Crippen MR) is 279 cm³/mol. The lowest BCUT2D eigenvalue weighted by Crippen LogP contribution is -2.30. The maximum atomic E-state index is 12.8. The van der Waals surface area contributed by atoms with Gasteiger partial charge in [-0.2, -0.15) is 0 Å². The molecule has 0 bridgehead atoms. The highest BCUT2D eigenvalue weighted by Crippen LogP contribution is 2.14. The van der Waals surface area contributed by atoms with Crippen molar-refractivity contribution in [3.05, 3.63) is 109 Å². The van der Waals surface area contributed by atoms with Gasteiger partial charge in [0, 0.05) is 19.3 Å². The molecule has 368 valence electrons. The molecule has 0 amide bonds. The highest BCUT2D eigenvalue weighted by molar-refractivity contribution is 5.71.